The van der Waals surface area contributed by atoms with Crippen molar-refractivity contribution >= 4 is 5.69 Å². The topological polar surface area (TPSA) is 45.8 Å². The summed E-state index contributed by atoms with van der Waals surface area (Å²) in [6.07, 6.45) is 12.8. The lowest BCUT2D eigenvalue weighted by Crippen LogP contribution is -2.40. The number of methoxy groups -OCH3 is 2. The van der Waals surface area contributed by atoms with Gasteiger partial charge in [0.1, 0.15) is 0 Å². The van der Waals surface area contributed by atoms with Crippen LogP contribution in [0.25, 0.3) is 0 Å². The molecule has 2 N–H and O–H groups in total. The molecule has 1 unspecified atom stereocenters. The summed E-state index contributed by atoms with van der Waals surface area (Å²) in [5.74, 6) is 2.32. The number of hydrogen-bond acceptors (Lipinski definition) is 5. The average Bonchev–Trinajstić information content (AvgIpc) is 2.90. The molecule has 5 heteroatoms. The number of rotatable bonds is 8. The van der Waals surface area contributed by atoms with Crippen LogP contribution in [-0.2, 0) is 0 Å². The molecule has 0 amide bonds. The van der Waals surface area contributed by atoms with Crippen molar-refractivity contribution in [1.29, 1.82) is 0 Å². The van der Waals surface area contributed by atoms with E-state index in [1.807, 2.05) is 13.8 Å². The fourth-order valence-corrected chi connectivity index (χ4v) is 5.36. The highest BCUT2D eigenvalue weighted by molar-refractivity contribution is 5.53. The van der Waals surface area contributed by atoms with E-state index >= 15 is 0 Å². The molecule has 1 aliphatic carbocycles. The number of piperidine rings is 1. The molecule has 0 spiro atoms. The molecule has 1 atom stereocenters. The van der Waals surface area contributed by atoms with Gasteiger partial charge >= 0.3 is 0 Å². The highest BCUT2D eigenvalue weighted by atomic mass is 16.5. The summed E-state index contributed by atoms with van der Waals surface area (Å²) >= 11 is 0. The summed E-state index contributed by atoms with van der Waals surface area (Å²) in [6, 6.07) is 15.7. The second-order valence-electron chi connectivity index (χ2n) is 9.75. The number of nitrogens with one attached hydrogen (secondary N) is 2. The maximum Gasteiger partial charge on any atom is 0.164 e. The summed E-state index contributed by atoms with van der Waals surface area (Å²) in [4.78, 5) is 2.58. The van der Waals surface area contributed by atoms with Crippen molar-refractivity contribution in [3.63, 3.8) is 0 Å². The van der Waals surface area contributed by atoms with Gasteiger partial charge in [-0.15, -0.1) is 0 Å². The fraction of sp³-hybridized carbons (Fsp3) is 0.484. The van der Waals surface area contributed by atoms with Crippen LogP contribution in [-0.4, -0.2) is 44.8 Å². The minimum absolute atomic E-state index is 0.149. The van der Waals surface area contributed by atoms with Crippen molar-refractivity contribution in [3.05, 3.63) is 77.5 Å². The SMILES string of the molecule is CC.COc1cc(C2C=C(CN3CCC(Nc4ccccc4)CC3)C=CN2)cc(C2CCC2)c1OC. The Morgan fingerprint density at radius 3 is 2.36 bits per heavy atom. The standard InChI is InChI=1S/C29H37N3O2.C2H6/c1-33-28-19-23(18-26(29(28)34-2)22-7-6-8-22)27-17-21(11-14-30-27)20-32-15-12-25(13-16-32)31-24-9-4-3-5-10-24;1-2/h3-5,9-11,14,17-19,22,25,27,30-31H,6-8,12-13,15-16,20H2,1-2H3;1-2H3. The molecule has 2 aromatic carbocycles. The van der Waals surface area contributed by atoms with E-state index < -0.39 is 0 Å². The predicted molar refractivity (Wildman–Crippen MR) is 150 cm³/mol. The molecule has 1 saturated heterocycles. The number of anilines is 1. The van der Waals surface area contributed by atoms with Gasteiger partial charge in [-0.2, -0.15) is 0 Å². The van der Waals surface area contributed by atoms with Crippen molar-refractivity contribution in [2.24, 2.45) is 0 Å². The predicted octanol–water partition coefficient (Wildman–Crippen LogP) is 6.66. The third kappa shape index (κ3) is 6.25. The number of hydrogen-bond donors (Lipinski definition) is 2. The number of likely N-dealkylation sites (tertiary alicyclic amines) is 1. The van der Waals surface area contributed by atoms with Gasteiger partial charge in [-0.05, 0) is 79.3 Å². The fourth-order valence-electron chi connectivity index (χ4n) is 5.36. The lowest BCUT2D eigenvalue weighted by molar-refractivity contribution is 0.236. The molecule has 2 aromatic rings. The third-order valence-corrected chi connectivity index (χ3v) is 7.53. The first-order chi connectivity index (χ1) is 17.7. The molecular formula is C31H43N3O2. The molecule has 2 fully saturated rings. The molecular weight excluding hydrogens is 446 g/mol. The quantitative estimate of drug-likeness (QED) is 0.434. The van der Waals surface area contributed by atoms with E-state index in [4.69, 9.17) is 9.47 Å². The van der Waals surface area contributed by atoms with Crippen molar-refractivity contribution < 1.29 is 9.47 Å². The van der Waals surface area contributed by atoms with E-state index in [1.54, 1.807) is 14.2 Å². The zero-order valence-electron chi connectivity index (χ0n) is 22.4. The smallest absolute Gasteiger partial charge is 0.164 e. The number of dihydropyridines is 1. The summed E-state index contributed by atoms with van der Waals surface area (Å²) < 4.78 is 11.5. The van der Waals surface area contributed by atoms with Crippen LogP contribution in [0.5, 0.6) is 11.5 Å². The third-order valence-electron chi connectivity index (χ3n) is 7.53. The van der Waals surface area contributed by atoms with E-state index in [2.05, 4.69) is 76.4 Å². The van der Waals surface area contributed by atoms with Gasteiger partial charge in [0.2, 0.25) is 0 Å². The molecule has 0 radical (unpaired) electrons. The molecule has 0 aromatic heterocycles. The molecule has 2 heterocycles. The van der Waals surface area contributed by atoms with E-state index in [9.17, 15) is 0 Å². The number of nitrogens with zero attached hydrogens (tertiary/aromatic N) is 1. The van der Waals surface area contributed by atoms with Crippen LogP contribution >= 0.6 is 0 Å². The highest BCUT2D eigenvalue weighted by Gasteiger charge is 2.27. The van der Waals surface area contributed by atoms with Gasteiger partial charge in [0.25, 0.3) is 0 Å². The molecule has 5 nitrogen and oxygen atoms in total. The zero-order chi connectivity index (χ0) is 25.3. The molecule has 36 heavy (non-hydrogen) atoms. The van der Waals surface area contributed by atoms with E-state index in [0.717, 1.165) is 31.1 Å². The van der Waals surface area contributed by atoms with Crippen molar-refractivity contribution in [2.75, 3.05) is 39.2 Å². The van der Waals surface area contributed by atoms with Gasteiger partial charge in [-0.1, -0.05) is 44.5 Å². The molecule has 0 bridgehead atoms. The van der Waals surface area contributed by atoms with Crippen molar-refractivity contribution in [3.8, 4) is 11.5 Å². The van der Waals surface area contributed by atoms with E-state index in [-0.39, 0.29) is 6.04 Å². The average molecular weight is 490 g/mol. The monoisotopic (exact) mass is 489 g/mol. The first-order valence-electron chi connectivity index (χ1n) is 13.7. The molecule has 3 aliphatic rings. The van der Waals surface area contributed by atoms with Crippen LogP contribution in [0.2, 0.25) is 0 Å². The number of benzene rings is 2. The first kappa shape index (κ1) is 26.2. The van der Waals surface area contributed by atoms with Gasteiger partial charge in [-0.25, -0.2) is 0 Å². The Balaban J connectivity index is 0.00000148. The molecule has 2 aliphatic heterocycles. The number of ether oxygens (including phenoxy) is 2. The van der Waals surface area contributed by atoms with E-state index in [1.165, 1.54) is 54.5 Å². The van der Waals surface area contributed by atoms with Crippen molar-refractivity contribution in [2.45, 2.75) is 64.0 Å². The summed E-state index contributed by atoms with van der Waals surface area (Å²) in [6.45, 7) is 7.24. The Kier molecular flexibility index (Phi) is 9.35. The van der Waals surface area contributed by atoms with Gasteiger partial charge in [0, 0.05) is 36.9 Å². The highest BCUT2D eigenvalue weighted by Crippen LogP contribution is 2.46. The minimum Gasteiger partial charge on any atom is -0.493 e. The van der Waals surface area contributed by atoms with Gasteiger partial charge in [0.05, 0.1) is 20.3 Å². The maximum absolute atomic E-state index is 5.75. The second-order valence-corrected chi connectivity index (χ2v) is 9.75. The largest absolute Gasteiger partial charge is 0.493 e. The Morgan fingerprint density at radius 2 is 1.72 bits per heavy atom. The normalized spacial score (nSPS) is 20.3. The summed E-state index contributed by atoms with van der Waals surface area (Å²) in [7, 11) is 3.48. The molecule has 194 valence electrons. The lowest BCUT2D eigenvalue weighted by Gasteiger charge is -2.34. The van der Waals surface area contributed by atoms with Crippen LogP contribution in [0.1, 0.15) is 69.0 Å². The van der Waals surface area contributed by atoms with E-state index in [0.29, 0.717) is 12.0 Å². The Morgan fingerprint density at radius 1 is 0.972 bits per heavy atom. The van der Waals surface area contributed by atoms with Crippen LogP contribution in [0.4, 0.5) is 5.69 Å². The van der Waals surface area contributed by atoms with Crippen LogP contribution < -0.4 is 20.1 Å². The van der Waals surface area contributed by atoms with Gasteiger partial charge in [0.15, 0.2) is 11.5 Å². The van der Waals surface area contributed by atoms with Crippen LogP contribution in [0.3, 0.4) is 0 Å². The van der Waals surface area contributed by atoms with Crippen LogP contribution in [0, 0.1) is 0 Å². The zero-order valence-corrected chi connectivity index (χ0v) is 22.4. The molecule has 5 rings (SSSR count). The molecule has 1 saturated carbocycles. The maximum atomic E-state index is 5.75. The number of para-hydroxylation sites is 1. The summed E-state index contributed by atoms with van der Waals surface area (Å²) in [5.41, 5.74) is 5.14. The Bertz CT molecular complexity index is 1020. The second kappa shape index (κ2) is 12.9. The van der Waals surface area contributed by atoms with Crippen LogP contribution in [0.15, 0.2) is 66.4 Å². The minimum atomic E-state index is 0.149. The Labute approximate surface area is 217 Å². The van der Waals surface area contributed by atoms with Gasteiger partial charge < -0.3 is 20.1 Å². The summed E-state index contributed by atoms with van der Waals surface area (Å²) in [5, 5.41) is 7.24. The van der Waals surface area contributed by atoms with Crippen molar-refractivity contribution in [1.82, 2.24) is 10.2 Å². The lowest BCUT2D eigenvalue weighted by atomic mass is 9.78. The first-order valence-corrected chi connectivity index (χ1v) is 13.7. The van der Waals surface area contributed by atoms with Gasteiger partial charge in [-0.3, -0.25) is 4.90 Å². The Hall–Kier alpha value is -2.92.